The van der Waals surface area contributed by atoms with Gasteiger partial charge in [0.25, 0.3) is 5.91 Å². The number of nitrogens with one attached hydrogen (secondary N) is 2. The first kappa shape index (κ1) is 17.7. The van der Waals surface area contributed by atoms with Crippen molar-refractivity contribution in [3.8, 4) is 0 Å². The minimum absolute atomic E-state index is 0.119. The second-order valence-electron chi connectivity index (χ2n) is 8.03. The van der Waals surface area contributed by atoms with Crippen LogP contribution >= 0.6 is 11.3 Å². The van der Waals surface area contributed by atoms with E-state index in [4.69, 9.17) is 4.99 Å². The van der Waals surface area contributed by atoms with Crippen molar-refractivity contribution in [3.05, 3.63) is 40.2 Å². The van der Waals surface area contributed by atoms with Crippen molar-refractivity contribution < 1.29 is 4.79 Å². The number of hydrogen-bond donors (Lipinski definition) is 2. The van der Waals surface area contributed by atoms with Crippen molar-refractivity contribution in [3.63, 3.8) is 0 Å². The molecule has 2 aromatic rings. The number of aryl methyl sites for hydroxylation is 1. The molecule has 1 saturated carbocycles. The van der Waals surface area contributed by atoms with E-state index in [1.807, 2.05) is 36.1 Å². The van der Waals surface area contributed by atoms with Crippen LogP contribution in [0.25, 0.3) is 0 Å². The number of rotatable bonds is 2. The summed E-state index contributed by atoms with van der Waals surface area (Å²) < 4.78 is 0. The van der Waals surface area contributed by atoms with Gasteiger partial charge in [-0.3, -0.25) is 9.79 Å². The highest BCUT2D eigenvalue weighted by atomic mass is 32.1. The summed E-state index contributed by atoms with van der Waals surface area (Å²) in [4.78, 5) is 26.5. The van der Waals surface area contributed by atoms with Crippen molar-refractivity contribution in [1.82, 2.24) is 9.88 Å². The zero-order valence-electron chi connectivity index (χ0n) is 16.1. The standard InChI is InChI=1S/C21H25N5OS/c1-14-8-9-17(28-14)19(27)26-12-10-21(13-26)20(23-15-5-2-3-6-15)24-18-16(25-21)7-4-11-22-18/h4,7-9,11,15,25H,2-3,5-6,10,12-13H2,1H3,(H,22,23,24). The van der Waals surface area contributed by atoms with Crippen LogP contribution in [0.3, 0.4) is 0 Å². The Kier molecular flexibility index (Phi) is 4.34. The van der Waals surface area contributed by atoms with E-state index in [2.05, 4.69) is 15.6 Å². The first-order valence-corrected chi connectivity index (χ1v) is 10.9. The number of anilines is 2. The minimum Gasteiger partial charge on any atom is -0.368 e. The van der Waals surface area contributed by atoms with Crippen LogP contribution in [-0.4, -0.2) is 46.3 Å². The van der Waals surface area contributed by atoms with E-state index in [0.717, 1.165) is 48.0 Å². The molecule has 2 aliphatic heterocycles. The molecular formula is C21H25N5OS. The third-order valence-electron chi connectivity index (χ3n) is 6.02. The van der Waals surface area contributed by atoms with Gasteiger partial charge in [-0.2, -0.15) is 0 Å². The average Bonchev–Trinajstić information content (AvgIpc) is 3.44. The number of carbonyl (C=O) groups is 1. The number of likely N-dealkylation sites (tertiary alicyclic amines) is 1. The second-order valence-corrected chi connectivity index (χ2v) is 9.32. The zero-order valence-corrected chi connectivity index (χ0v) is 16.9. The Hall–Kier alpha value is -2.41. The van der Waals surface area contributed by atoms with E-state index in [9.17, 15) is 4.79 Å². The van der Waals surface area contributed by atoms with Crippen LogP contribution in [0.5, 0.6) is 0 Å². The van der Waals surface area contributed by atoms with Crippen molar-refractivity contribution in [2.45, 2.75) is 50.6 Å². The molecule has 28 heavy (non-hydrogen) atoms. The number of aliphatic imine (C=N–C) groups is 1. The molecule has 1 unspecified atom stereocenters. The Bertz CT molecular complexity index is 932. The number of pyridine rings is 1. The van der Waals surface area contributed by atoms with Crippen LogP contribution in [0.1, 0.15) is 46.7 Å². The van der Waals surface area contributed by atoms with Gasteiger partial charge in [0.1, 0.15) is 11.4 Å². The van der Waals surface area contributed by atoms with Gasteiger partial charge in [0.2, 0.25) is 0 Å². The molecule has 1 saturated heterocycles. The highest BCUT2D eigenvalue weighted by molar-refractivity contribution is 7.13. The lowest BCUT2D eigenvalue weighted by Gasteiger charge is -2.38. The third kappa shape index (κ3) is 3.07. The molecule has 3 aliphatic rings. The summed E-state index contributed by atoms with van der Waals surface area (Å²) in [6, 6.07) is 8.30. The van der Waals surface area contributed by atoms with Gasteiger partial charge < -0.3 is 15.5 Å². The second kappa shape index (κ2) is 6.88. The zero-order chi connectivity index (χ0) is 19.1. The topological polar surface area (TPSA) is 69.6 Å². The van der Waals surface area contributed by atoms with Gasteiger partial charge in [0.05, 0.1) is 23.2 Å². The maximum atomic E-state index is 13.0. The predicted octanol–water partition coefficient (Wildman–Crippen LogP) is 3.91. The first-order valence-electron chi connectivity index (χ1n) is 10.1. The monoisotopic (exact) mass is 395 g/mol. The van der Waals surface area contributed by atoms with Gasteiger partial charge in [-0.1, -0.05) is 12.8 Å². The molecule has 7 heteroatoms. The van der Waals surface area contributed by atoms with Gasteiger partial charge in [-0.15, -0.1) is 11.3 Å². The molecule has 2 N–H and O–H groups in total. The van der Waals surface area contributed by atoms with Crippen LogP contribution in [0.4, 0.5) is 11.5 Å². The molecule has 0 aromatic carbocycles. The van der Waals surface area contributed by atoms with Crippen molar-refractivity contribution in [1.29, 1.82) is 0 Å². The predicted molar refractivity (Wildman–Crippen MR) is 113 cm³/mol. The van der Waals surface area contributed by atoms with Crippen LogP contribution in [-0.2, 0) is 0 Å². The molecule has 0 bridgehead atoms. The van der Waals surface area contributed by atoms with Crippen LogP contribution < -0.4 is 10.6 Å². The van der Waals surface area contributed by atoms with Gasteiger partial charge in [-0.25, -0.2) is 4.98 Å². The van der Waals surface area contributed by atoms with Crippen molar-refractivity contribution >= 4 is 34.6 Å². The van der Waals surface area contributed by atoms with Gasteiger partial charge in [0.15, 0.2) is 5.82 Å². The molecule has 2 fully saturated rings. The summed E-state index contributed by atoms with van der Waals surface area (Å²) in [6.07, 6.45) is 7.43. The number of nitrogens with zero attached hydrogens (tertiary/aromatic N) is 3. The molecule has 6 nitrogen and oxygen atoms in total. The maximum absolute atomic E-state index is 13.0. The third-order valence-corrected chi connectivity index (χ3v) is 7.00. The molecule has 1 spiro atoms. The Balaban J connectivity index is 1.46. The average molecular weight is 396 g/mol. The fourth-order valence-electron chi connectivity index (χ4n) is 4.51. The minimum atomic E-state index is -0.361. The summed E-state index contributed by atoms with van der Waals surface area (Å²) in [6.45, 7) is 3.38. The van der Waals surface area contributed by atoms with E-state index < -0.39 is 0 Å². The molecule has 0 radical (unpaired) electrons. The van der Waals surface area contributed by atoms with E-state index in [1.54, 1.807) is 17.5 Å². The van der Waals surface area contributed by atoms with E-state index >= 15 is 0 Å². The number of hydrogen-bond acceptors (Lipinski definition) is 5. The van der Waals surface area contributed by atoms with Gasteiger partial charge >= 0.3 is 0 Å². The molecular weight excluding hydrogens is 370 g/mol. The molecule has 5 rings (SSSR count). The van der Waals surface area contributed by atoms with E-state index in [-0.39, 0.29) is 11.4 Å². The van der Waals surface area contributed by atoms with Crippen LogP contribution in [0.15, 0.2) is 35.5 Å². The summed E-state index contributed by atoms with van der Waals surface area (Å²) in [5.41, 5.74) is 0.620. The van der Waals surface area contributed by atoms with E-state index in [0.29, 0.717) is 12.6 Å². The molecule has 2 aromatic heterocycles. The largest absolute Gasteiger partial charge is 0.368 e. The fourth-order valence-corrected chi connectivity index (χ4v) is 5.35. The normalized spacial score (nSPS) is 25.8. The molecule has 4 heterocycles. The maximum Gasteiger partial charge on any atom is 0.264 e. The molecule has 1 aliphatic carbocycles. The number of fused-ring (bicyclic) bond motifs is 1. The lowest BCUT2D eigenvalue weighted by molar-refractivity contribution is 0.0794. The van der Waals surface area contributed by atoms with Crippen molar-refractivity contribution in [2.24, 2.45) is 4.99 Å². The van der Waals surface area contributed by atoms with E-state index in [1.165, 1.54) is 17.7 Å². The molecule has 1 amide bonds. The van der Waals surface area contributed by atoms with Crippen molar-refractivity contribution in [2.75, 3.05) is 23.7 Å². The van der Waals surface area contributed by atoms with Gasteiger partial charge in [-0.05, 0) is 50.5 Å². The summed E-state index contributed by atoms with van der Waals surface area (Å²) >= 11 is 1.57. The van der Waals surface area contributed by atoms with Crippen LogP contribution in [0.2, 0.25) is 0 Å². The number of thiophene rings is 1. The smallest absolute Gasteiger partial charge is 0.264 e. The summed E-state index contributed by atoms with van der Waals surface area (Å²) in [7, 11) is 0. The quantitative estimate of drug-likeness (QED) is 0.809. The molecule has 1 atom stereocenters. The Morgan fingerprint density at radius 1 is 1.32 bits per heavy atom. The number of amidine groups is 1. The summed E-state index contributed by atoms with van der Waals surface area (Å²) in [5.74, 6) is 1.89. The summed E-state index contributed by atoms with van der Waals surface area (Å²) in [5, 5.41) is 7.19. The first-order chi connectivity index (χ1) is 13.6. The SMILES string of the molecule is Cc1ccc(C(=O)N2CCC3(C2)Nc2cccnc2NC3=NC2CCCC2)s1. The highest BCUT2D eigenvalue weighted by Gasteiger charge is 2.47. The number of amides is 1. The lowest BCUT2D eigenvalue weighted by atomic mass is 9.93. The van der Waals surface area contributed by atoms with Crippen LogP contribution in [0, 0.1) is 6.92 Å². The fraction of sp³-hybridized carbons (Fsp3) is 0.476. The van der Waals surface area contributed by atoms with Gasteiger partial charge in [0, 0.05) is 17.6 Å². The Morgan fingerprint density at radius 3 is 2.96 bits per heavy atom. The number of aromatic nitrogens is 1. The lowest BCUT2D eigenvalue weighted by Crippen LogP contribution is -2.55. The number of carbonyl (C=O) groups excluding carboxylic acids is 1. The Morgan fingerprint density at radius 2 is 2.18 bits per heavy atom. The molecule has 146 valence electrons. The Labute approximate surface area is 169 Å². The highest BCUT2D eigenvalue weighted by Crippen LogP contribution is 2.37.